The molecule has 1 aromatic rings. The Balaban J connectivity index is 2.42. The number of nitrogen functional groups attached to an aromatic ring is 1. The van der Waals surface area contributed by atoms with Crippen molar-refractivity contribution in [3.63, 3.8) is 0 Å². The normalized spacial score (nSPS) is 17.3. The zero-order chi connectivity index (χ0) is 15.6. The summed E-state index contributed by atoms with van der Waals surface area (Å²) < 4.78 is 27.3. The summed E-state index contributed by atoms with van der Waals surface area (Å²) in [6.45, 7) is 2.27. The SMILES string of the molecule is CCN(C1CCCCC1)S(=O)(=O)c1ccc(Cl)c(N)c1Cl. The molecule has 1 aromatic carbocycles. The molecule has 1 aliphatic carbocycles. The minimum atomic E-state index is -3.66. The van der Waals surface area contributed by atoms with E-state index in [0.717, 1.165) is 25.7 Å². The van der Waals surface area contributed by atoms with Gasteiger partial charge in [-0.2, -0.15) is 4.31 Å². The van der Waals surface area contributed by atoms with Crippen molar-refractivity contribution < 1.29 is 8.42 Å². The van der Waals surface area contributed by atoms with E-state index in [9.17, 15) is 8.42 Å². The van der Waals surface area contributed by atoms with Gasteiger partial charge in [0, 0.05) is 12.6 Å². The molecule has 0 heterocycles. The number of anilines is 1. The molecule has 0 spiro atoms. The zero-order valence-corrected chi connectivity index (χ0v) is 14.3. The maximum absolute atomic E-state index is 12.9. The van der Waals surface area contributed by atoms with Crippen molar-refractivity contribution in [2.24, 2.45) is 0 Å². The van der Waals surface area contributed by atoms with Crippen molar-refractivity contribution in [1.29, 1.82) is 0 Å². The van der Waals surface area contributed by atoms with E-state index >= 15 is 0 Å². The summed E-state index contributed by atoms with van der Waals surface area (Å²) in [6, 6.07) is 2.95. The maximum atomic E-state index is 12.9. The quantitative estimate of drug-likeness (QED) is 0.837. The average Bonchev–Trinajstić information content (AvgIpc) is 2.46. The summed E-state index contributed by atoms with van der Waals surface area (Å²) in [5.74, 6) is 0. The molecular weight excluding hydrogens is 331 g/mol. The molecule has 0 unspecified atom stereocenters. The number of sulfonamides is 1. The van der Waals surface area contributed by atoms with E-state index in [2.05, 4.69) is 0 Å². The van der Waals surface area contributed by atoms with Gasteiger partial charge in [0.2, 0.25) is 10.0 Å². The third-order valence-electron chi connectivity index (χ3n) is 3.97. The fraction of sp³-hybridized carbons (Fsp3) is 0.571. The fourth-order valence-electron chi connectivity index (χ4n) is 2.87. The first-order chi connectivity index (χ1) is 9.89. The molecule has 2 N–H and O–H groups in total. The topological polar surface area (TPSA) is 63.4 Å². The minimum Gasteiger partial charge on any atom is -0.396 e. The molecule has 0 saturated heterocycles. The monoisotopic (exact) mass is 350 g/mol. The van der Waals surface area contributed by atoms with Gasteiger partial charge in [0.25, 0.3) is 0 Å². The van der Waals surface area contributed by atoms with Gasteiger partial charge >= 0.3 is 0 Å². The molecule has 4 nitrogen and oxygen atoms in total. The number of hydrogen-bond donors (Lipinski definition) is 1. The lowest BCUT2D eigenvalue weighted by molar-refractivity contribution is 0.261. The Kier molecular flexibility index (Phi) is 5.41. The van der Waals surface area contributed by atoms with Crippen LogP contribution in [0.15, 0.2) is 17.0 Å². The minimum absolute atomic E-state index is 0.0109. The molecular formula is C14H20Cl2N2O2S. The summed E-state index contributed by atoms with van der Waals surface area (Å²) >= 11 is 12.0. The maximum Gasteiger partial charge on any atom is 0.244 e. The van der Waals surface area contributed by atoms with Crippen LogP contribution in [0.3, 0.4) is 0 Å². The lowest BCUT2D eigenvalue weighted by Crippen LogP contribution is -2.41. The van der Waals surface area contributed by atoms with Crippen LogP contribution in [0.1, 0.15) is 39.0 Å². The first-order valence-corrected chi connectivity index (χ1v) is 9.34. The Morgan fingerprint density at radius 3 is 2.43 bits per heavy atom. The largest absolute Gasteiger partial charge is 0.396 e. The third-order valence-corrected chi connectivity index (χ3v) is 6.89. The first-order valence-electron chi connectivity index (χ1n) is 7.15. The van der Waals surface area contributed by atoms with Crippen molar-refractivity contribution in [2.75, 3.05) is 12.3 Å². The van der Waals surface area contributed by atoms with Crippen LogP contribution >= 0.6 is 23.2 Å². The van der Waals surface area contributed by atoms with Crippen LogP contribution in [0.2, 0.25) is 10.0 Å². The second kappa shape index (κ2) is 6.73. The smallest absolute Gasteiger partial charge is 0.244 e. The van der Waals surface area contributed by atoms with Crippen LogP contribution in [-0.4, -0.2) is 25.3 Å². The van der Waals surface area contributed by atoms with Crippen LogP contribution in [-0.2, 0) is 10.0 Å². The first kappa shape index (κ1) is 16.9. The molecule has 7 heteroatoms. The number of nitrogens with zero attached hydrogens (tertiary/aromatic N) is 1. The highest BCUT2D eigenvalue weighted by Crippen LogP contribution is 2.36. The molecule has 0 atom stereocenters. The molecule has 1 fully saturated rings. The Labute approximate surface area is 136 Å². The molecule has 1 aliphatic rings. The molecule has 21 heavy (non-hydrogen) atoms. The van der Waals surface area contributed by atoms with E-state index in [0.29, 0.717) is 6.54 Å². The van der Waals surface area contributed by atoms with Gasteiger partial charge in [0.05, 0.1) is 15.7 Å². The van der Waals surface area contributed by atoms with Crippen molar-refractivity contribution >= 4 is 38.9 Å². The van der Waals surface area contributed by atoms with Crippen molar-refractivity contribution in [1.82, 2.24) is 4.31 Å². The van der Waals surface area contributed by atoms with Crippen molar-refractivity contribution in [3.05, 3.63) is 22.2 Å². The number of benzene rings is 1. The Bertz CT molecular complexity index is 614. The van der Waals surface area contributed by atoms with Crippen molar-refractivity contribution in [3.8, 4) is 0 Å². The second-order valence-electron chi connectivity index (χ2n) is 5.27. The summed E-state index contributed by atoms with van der Waals surface area (Å²) in [5.41, 5.74) is 5.86. The van der Waals surface area contributed by atoms with Gasteiger partial charge in [-0.3, -0.25) is 0 Å². The zero-order valence-electron chi connectivity index (χ0n) is 12.0. The molecule has 1 saturated carbocycles. The molecule has 0 radical (unpaired) electrons. The summed E-state index contributed by atoms with van der Waals surface area (Å²) in [4.78, 5) is 0.0403. The molecule has 0 bridgehead atoms. The van der Waals surface area contributed by atoms with E-state index in [1.165, 1.54) is 18.6 Å². The van der Waals surface area contributed by atoms with Gasteiger partial charge < -0.3 is 5.73 Å². The average molecular weight is 351 g/mol. The summed E-state index contributed by atoms with van der Waals surface area (Å²) in [6.07, 6.45) is 5.09. The van der Waals surface area contributed by atoms with E-state index in [1.54, 1.807) is 4.31 Å². The van der Waals surface area contributed by atoms with Gasteiger partial charge in [-0.05, 0) is 25.0 Å². The standard InChI is InChI=1S/C14H20Cl2N2O2S/c1-2-18(10-6-4-3-5-7-10)21(19,20)12-9-8-11(15)14(17)13(12)16/h8-10H,2-7,17H2,1H3. The third kappa shape index (κ3) is 3.31. The number of halogens is 2. The second-order valence-corrected chi connectivity index (χ2v) is 7.92. The molecule has 0 amide bonds. The van der Waals surface area contributed by atoms with Gasteiger partial charge in [0.1, 0.15) is 4.90 Å². The molecule has 118 valence electrons. The van der Waals surface area contributed by atoms with Crippen LogP contribution in [0.5, 0.6) is 0 Å². The van der Waals surface area contributed by atoms with Gasteiger partial charge in [-0.15, -0.1) is 0 Å². The predicted octanol–water partition coefficient (Wildman–Crippen LogP) is 3.92. The number of hydrogen-bond acceptors (Lipinski definition) is 3. The molecule has 0 aromatic heterocycles. The van der Waals surface area contributed by atoms with Crippen molar-refractivity contribution in [2.45, 2.75) is 50.0 Å². The van der Waals surface area contributed by atoms with Gasteiger partial charge in [-0.1, -0.05) is 49.4 Å². The van der Waals surface area contributed by atoms with Gasteiger partial charge in [0.15, 0.2) is 0 Å². The van der Waals surface area contributed by atoms with E-state index in [-0.39, 0.29) is 26.7 Å². The number of rotatable bonds is 4. The Hall–Kier alpha value is -0.490. The highest BCUT2D eigenvalue weighted by Gasteiger charge is 2.33. The summed E-state index contributed by atoms with van der Waals surface area (Å²) in [7, 11) is -3.66. The lowest BCUT2D eigenvalue weighted by Gasteiger charge is -2.32. The molecule has 2 rings (SSSR count). The Morgan fingerprint density at radius 2 is 1.86 bits per heavy atom. The lowest BCUT2D eigenvalue weighted by atomic mass is 9.95. The van der Waals surface area contributed by atoms with E-state index in [4.69, 9.17) is 28.9 Å². The van der Waals surface area contributed by atoms with E-state index < -0.39 is 10.0 Å². The van der Waals surface area contributed by atoms with Crippen LogP contribution in [0.25, 0.3) is 0 Å². The van der Waals surface area contributed by atoms with E-state index in [1.807, 2.05) is 6.92 Å². The van der Waals surface area contributed by atoms with Crippen LogP contribution in [0, 0.1) is 0 Å². The summed E-state index contributed by atoms with van der Waals surface area (Å²) in [5, 5.41) is 0.274. The highest BCUT2D eigenvalue weighted by molar-refractivity contribution is 7.89. The van der Waals surface area contributed by atoms with Crippen LogP contribution < -0.4 is 5.73 Å². The molecule has 0 aliphatic heterocycles. The Morgan fingerprint density at radius 1 is 1.24 bits per heavy atom. The van der Waals surface area contributed by atoms with Gasteiger partial charge in [-0.25, -0.2) is 8.42 Å². The fourth-order valence-corrected chi connectivity index (χ4v) is 5.30. The highest BCUT2D eigenvalue weighted by atomic mass is 35.5. The van der Waals surface area contributed by atoms with Crippen LogP contribution in [0.4, 0.5) is 5.69 Å². The predicted molar refractivity (Wildman–Crippen MR) is 87.3 cm³/mol. The number of nitrogens with two attached hydrogens (primary N) is 1.